The fourth-order valence-electron chi connectivity index (χ4n) is 2.21. The summed E-state index contributed by atoms with van der Waals surface area (Å²) >= 11 is 0. The van der Waals surface area contributed by atoms with Crippen LogP contribution in [0.4, 0.5) is 14.5 Å². The predicted octanol–water partition coefficient (Wildman–Crippen LogP) is 3.63. The topological polar surface area (TPSA) is 66.0 Å². The van der Waals surface area contributed by atoms with E-state index < -0.39 is 12.5 Å². The van der Waals surface area contributed by atoms with Gasteiger partial charge < -0.3 is 24.3 Å². The van der Waals surface area contributed by atoms with Crippen LogP contribution in [0.2, 0.25) is 0 Å². The molecule has 0 spiro atoms. The molecule has 0 aliphatic rings. The lowest BCUT2D eigenvalue weighted by Crippen LogP contribution is -2.20. The summed E-state index contributed by atoms with van der Waals surface area (Å²) in [5.41, 5.74) is 1.34. The van der Waals surface area contributed by atoms with Gasteiger partial charge in [0.15, 0.2) is 18.1 Å². The summed E-state index contributed by atoms with van der Waals surface area (Å²) in [4.78, 5) is 12.0. The first-order valence-electron chi connectivity index (χ1n) is 7.63. The first-order chi connectivity index (χ1) is 12.4. The Kier molecular flexibility index (Phi) is 6.60. The third-order valence-electron chi connectivity index (χ3n) is 3.32. The van der Waals surface area contributed by atoms with Crippen molar-refractivity contribution in [1.82, 2.24) is 0 Å². The number of alkyl halides is 2. The van der Waals surface area contributed by atoms with Crippen molar-refractivity contribution in [3.8, 4) is 23.0 Å². The average molecular weight is 367 g/mol. The fourth-order valence-corrected chi connectivity index (χ4v) is 2.21. The lowest BCUT2D eigenvalue weighted by molar-refractivity contribution is -0.118. The zero-order valence-electron chi connectivity index (χ0n) is 14.5. The third kappa shape index (κ3) is 5.23. The van der Waals surface area contributed by atoms with E-state index in [1.54, 1.807) is 12.1 Å². The van der Waals surface area contributed by atoms with Crippen LogP contribution in [-0.4, -0.2) is 33.3 Å². The zero-order valence-corrected chi connectivity index (χ0v) is 14.5. The van der Waals surface area contributed by atoms with E-state index in [9.17, 15) is 13.6 Å². The molecule has 2 aromatic carbocycles. The van der Waals surface area contributed by atoms with Crippen LogP contribution in [0.1, 0.15) is 5.56 Å². The van der Waals surface area contributed by atoms with E-state index in [1.165, 1.54) is 38.5 Å². The molecule has 0 aromatic heterocycles. The smallest absolute Gasteiger partial charge is 0.387 e. The maximum Gasteiger partial charge on any atom is 0.387 e. The van der Waals surface area contributed by atoms with Gasteiger partial charge in [-0.15, -0.1) is 0 Å². The zero-order chi connectivity index (χ0) is 19.1. The minimum absolute atomic E-state index is 0.00313. The largest absolute Gasteiger partial charge is 0.493 e. The Morgan fingerprint density at radius 2 is 1.65 bits per heavy atom. The third-order valence-corrected chi connectivity index (χ3v) is 3.32. The summed E-state index contributed by atoms with van der Waals surface area (Å²) in [5, 5.41) is 2.59. The van der Waals surface area contributed by atoms with Crippen molar-refractivity contribution < 1.29 is 32.5 Å². The number of nitrogens with one attached hydrogen (secondary N) is 1. The minimum atomic E-state index is -2.90. The lowest BCUT2D eigenvalue weighted by atomic mass is 10.2. The van der Waals surface area contributed by atoms with Gasteiger partial charge in [0.2, 0.25) is 5.75 Å². The first kappa shape index (κ1) is 19.3. The molecule has 0 saturated heterocycles. The first-order valence-corrected chi connectivity index (χ1v) is 7.63. The van der Waals surface area contributed by atoms with Gasteiger partial charge in [0.1, 0.15) is 5.75 Å². The summed E-state index contributed by atoms with van der Waals surface area (Å²) in [6.07, 6.45) is 0. The molecule has 1 amide bonds. The highest BCUT2D eigenvalue weighted by molar-refractivity contribution is 5.92. The van der Waals surface area contributed by atoms with Gasteiger partial charge in [-0.1, -0.05) is 0 Å². The van der Waals surface area contributed by atoms with Crippen molar-refractivity contribution >= 4 is 11.6 Å². The van der Waals surface area contributed by atoms with E-state index in [2.05, 4.69) is 10.1 Å². The number of methoxy groups -OCH3 is 2. The van der Waals surface area contributed by atoms with Gasteiger partial charge in [-0.3, -0.25) is 4.79 Å². The van der Waals surface area contributed by atoms with Crippen molar-refractivity contribution in [3.05, 3.63) is 42.0 Å². The molecular weight excluding hydrogens is 348 g/mol. The number of aryl methyl sites for hydroxylation is 1. The number of carbonyl (C=O) groups excluding carboxylic acids is 1. The maximum absolute atomic E-state index is 12.1. The second-order valence-electron chi connectivity index (χ2n) is 5.24. The van der Waals surface area contributed by atoms with E-state index >= 15 is 0 Å². The molecule has 1 N–H and O–H groups in total. The number of ether oxygens (including phenoxy) is 4. The molecule has 0 radical (unpaired) electrons. The second-order valence-corrected chi connectivity index (χ2v) is 5.24. The normalized spacial score (nSPS) is 10.4. The molecule has 0 fully saturated rings. The van der Waals surface area contributed by atoms with E-state index in [0.29, 0.717) is 22.9 Å². The predicted molar refractivity (Wildman–Crippen MR) is 91.5 cm³/mol. The summed E-state index contributed by atoms with van der Waals surface area (Å²) in [6, 6.07) is 9.07. The van der Waals surface area contributed by atoms with Gasteiger partial charge in [0, 0.05) is 5.69 Å². The Labute approximate surface area is 149 Å². The number of carbonyl (C=O) groups is 1. The Hall–Kier alpha value is -3.03. The van der Waals surface area contributed by atoms with Gasteiger partial charge in [0.25, 0.3) is 5.91 Å². The van der Waals surface area contributed by atoms with Crippen LogP contribution >= 0.6 is 0 Å². The number of hydrogen-bond donors (Lipinski definition) is 1. The molecule has 26 heavy (non-hydrogen) atoms. The Bertz CT molecular complexity index is 725. The van der Waals surface area contributed by atoms with E-state index in [0.717, 1.165) is 5.56 Å². The number of amides is 1. The Morgan fingerprint density at radius 1 is 1.08 bits per heavy atom. The summed E-state index contributed by atoms with van der Waals surface area (Å²) in [6.45, 7) is -1.31. The maximum atomic E-state index is 12.1. The van der Waals surface area contributed by atoms with Crippen LogP contribution in [0.5, 0.6) is 23.0 Å². The molecule has 8 heteroatoms. The molecule has 0 aliphatic carbocycles. The fraction of sp³-hybridized carbons (Fsp3) is 0.278. The van der Waals surface area contributed by atoms with Crippen molar-refractivity contribution in [2.24, 2.45) is 0 Å². The van der Waals surface area contributed by atoms with Crippen LogP contribution in [0.3, 0.4) is 0 Å². The monoisotopic (exact) mass is 367 g/mol. The van der Waals surface area contributed by atoms with Crippen molar-refractivity contribution in [2.45, 2.75) is 13.5 Å². The molecule has 0 atom stereocenters. The molecule has 0 unspecified atom stereocenters. The highest BCUT2D eigenvalue weighted by Crippen LogP contribution is 2.38. The molecule has 0 heterocycles. The van der Waals surface area contributed by atoms with Gasteiger partial charge >= 0.3 is 6.61 Å². The quantitative estimate of drug-likeness (QED) is 0.772. The van der Waals surface area contributed by atoms with Crippen LogP contribution in [0.25, 0.3) is 0 Å². The van der Waals surface area contributed by atoms with Crippen molar-refractivity contribution in [3.63, 3.8) is 0 Å². The average Bonchev–Trinajstić information content (AvgIpc) is 2.61. The Morgan fingerprint density at radius 3 is 2.15 bits per heavy atom. The summed E-state index contributed by atoms with van der Waals surface area (Å²) < 4.78 is 44.5. The van der Waals surface area contributed by atoms with E-state index in [1.807, 2.05) is 6.92 Å². The number of halogens is 2. The molecule has 0 bridgehead atoms. The molecule has 2 rings (SSSR count). The molecular formula is C18H19F2NO5. The summed E-state index contributed by atoms with van der Waals surface area (Å²) in [5.74, 6) is 0.781. The van der Waals surface area contributed by atoms with Gasteiger partial charge in [-0.25, -0.2) is 0 Å². The molecule has 6 nitrogen and oxygen atoms in total. The van der Waals surface area contributed by atoms with Crippen molar-refractivity contribution in [2.75, 3.05) is 26.1 Å². The molecule has 2 aromatic rings. The second kappa shape index (κ2) is 8.89. The highest BCUT2D eigenvalue weighted by atomic mass is 19.3. The van der Waals surface area contributed by atoms with Crippen LogP contribution in [0.15, 0.2) is 36.4 Å². The summed E-state index contributed by atoms with van der Waals surface area (Å²) in [7, 11) is 2.98. The molecule has 0 saturated carbocycles. The standard InChI is InChI=1S/C18H19F2NO5/c1-11-8-14(23-2)17(15(9-11)24-3)25-10-16(22)21-12-4-6-13(7-5-12)26-18(19)20/h4-9,18H,10H2,1-3H3,(H,21,22). The Balaban J connectivity index is 1.99. The van der Waals surface area contributed by atoms with E-state index in [4.69, 9.17) is 14.2 Å². The molecule has 140 valence electrons. The molecule has 0 aliphatic heterocycles. The van der Waals surface area contributed by atoms with Gasteiger partial charge in [-0.05, 0) is 48.9 Å². The minimum Gasteiger partial charge on any atom is -0.493 e. The van der Waals surface area contributed by atoms with Crippen molar-refractivity contribution in [1.29, 1.82) is 0 Å². The van der Waals surface area contributed by atoms with Gasteiger partial charge in [0.05, 0.1) is 14.2 Å². The number of hydrogen-bond acceptors (Lipinski definition) is 5. The van der Waals surface area contributed by atoms with Crippen LogP contribution in [-0.2, 0) is 4.79 Å². The highest BCUT2D eigenvalue weighted by Gasteiger charge is 2.15. The number of anilines is 1. The van der Waals surface area contributed by atoms with Crippen LogP contribution < -0.4 is 24.3 Å². The number of rotatable bonds is 8. The SMILES string of the molecule is COc1cc(C)cc(OC)c1OCC(=O)Nc1ccc(OC(F)F)cc1. The van der Waals surface area contributed by atoms with E-state index in [-0.39, 0.29) is 12.4 Å². The lowest BCUT2D eigenvalue weighted by Gasteiger charge is -2.15. The number of benzene rings is 2. The van der Waals surface area contributed by atoms with Crippen LogP contribution in [0, 0.1) is 6.92 Å². The van der Waals surface area contributed by atoms with Gasteiger partial charge in [-0.2, -0.15) is 8.78 Å².